The second-order valence-corrected chi connectivity index (χ2v) is 4.95. The van der Waals surface area contributed by atoms with Gasteiger partial charge in [0.25, 0.3) is 0 Å². The summed E-state index contributed by atoms with van der Waals surface area (Å²) < 4.78 is 64.5. The Morgan fingerprint density at radius 1 is 1.50 bits per heavy atom. The van der Waals surface area contributed by atoms with E-state index in [9.17, 15) is 21.6 Å². The number of rotatable bonds is 6. The summed E-state index contributed by atoms with van der Waals surface area (Å²) in [6, 6.07) is 0. The van der Waals surface area contributed by atoms with Gasteiger partial charge in [0.05, 0.1) is 12.8 Å². The first-order valence-electron chi connectivity index (χ1n) is 4.65. The Kier molecular flexibility index (Phi) is 4.53. The molecule has 0 radical (unpaired) electrons. The van der Waals surface area contributed by atoms with Crippen molar-refractivity contribution in [3.05, 3.63) is 6.20 Å². The van der Waals surface area contributed by atoms with Gasteiger partial charge in [-0.1, -0.05) is 0 Å². The number of halogens is 3. The van der Waals surface area contributed by atoms with Gasteiger partial charge in [-0.05, 0) is 0 Å². The zero-order valence-electron chi connectivity index (χ0n) is 8.99. The first-order valence-corrected chi connectivity index (χ1v) is 6.14. The number of aromatic amines is 1. The molecule has 0 saturated carbocycles. The summed E-state index contributed by atoms with van der Waals surface area (Å²) in [4.78, 5) is -0.265. The SMILES string of the molecule is Nc1[nH]ncc1S(=O)(=O)NCCOCC(F)(F)F. The first kappa shape index (κ1) is 14.7. The highest BCUT2D eigenvalue weighted by Crippen LogP contribution is 2.14. The smallest absolute Gasteiger partial charge is 0.383 e. The van der Waals surface area contributed by atoms with Gasteiger partial charge in [0.2, 0.25) is 10.0 Å². The summed E-state index contributed by atoms with van der Waals surface area (Å²) >= 11 is 0. The van der Waals surface area contributed by atoms with Crippen LogP contribution in [0.1, 0.15) is 0 Å². The number of hydrogen-bond donors (Lipinski definition) is 3. The van der Waals surface area contributed by atoms with Crippen molar-refractivity contribution in [3.8, 4) is 0 Å². The minimum Gasteiger partial charge on any atom is -0.383 e. The minimum atomic E-state index is -4.44. The number of hydrogen-bond acceptors (Lipinski definition) is 5. The number of anilines is 1. The van der Waals surface area contributed by atoms with E-state index in [0.29, 0.717) is 0 Å². The lowest BCUT2D eigenvalue weighted by molar-refractivity contribution is -0.173. The molecule has 0 spiro atoms. The van der Waals surface area contributed by atoms with Crippen LogP contribution >= 0.6 is 0 Å². The lowest BCUT2D eigenvalue weighted by atomic mass is 10.7. The molecule has 0 aliphatic heterocycles. The maximum Gasteiger partial charge on any atom is 0.411 e. The van der Waals surface area contributed by atoms with Crippen molar-refractivity contribution in [2.75, 3.05) is 25.5 Å². The number of alkyl halides is 3. The van der Waals surface area contributed by atoms with Crippen LogP contribution in [0, 0.1) is 0 Å². The molecule has 0 saturated heterocycles. The molecule has 0 unspecified atom stereocenters. The predicted molar refractivity (Wildman–Crippen MR) is 55.1 cm³/mol. The van der Waals surface area contributed by atoms with E-state index < -0.39 is 29.4 Å². The molecule has 0 aromatic carbocycles. The van der Waals surface area contributed by atoms with Crippen LogP contribution in [-0.4, -0.2) is 44.5 Å². The zero-order chi connectivity index (χ0) is 13.8. The largest absolute Gasteiger partial charge is 0.411 e. The minimum absolute atomic E-state index is 0.154. The maximum atomic E-state index is 11.7. The van der Waals surface area contributed by atoms with E-state index >= 15 is 0 Å². The number of ether oxygens (including phenoxy) is 1. The predicted octanol–water partition coefficient (Wildman–Crippen LogP) is -0.151. The third-order valence-electron chi connectivity index (χ3n) is 1.73. The molecule has 7 nitrogen and oxygen atoms in total. The Hall–Kier alpha value is -1.33. The van der Waals surface area contributed by atoms with E-state index in [1.54, 1.807) is 0 Å². The standard InChI is InChI=1S/C7H11F3N4O3S/c8-7(9,10)4-17-2-1-13-18(15,16)5-3-12-14-6(5)11/h3,13H,1-2,4H2,(H3,11,12,14). The number of sulfonamides is 1. The number of nitrogen functional groups attached to an aromatic ring is 1. The molecular formula is C7H11F3N4O3S. The molecule has 0 atom stereocenters. The lowest BCUT2D eigenvalue weighted by Crippen LogP contribution is -2.29. The maximum absolute atomic E-state index is 11.7. The van der Waals surface area contributed by atoms with Gasteiger partial charge in [0.1, 0.15) is 17.3 Å². The topological polar surface area (TPSA) is 110 Å². The number of nitrogens with zero attached hydrogens (tertiary/aromatic N) is 1. The van der Waals surface area contributed by atoms with Crippen LogP contribution in [0.25, 0.3) is 0 Å². The van der Waals surface area contributed by atoms with Crippen LogP contribution < -0.4 is 10.5 Å². The molecule has 1 aromatic rings. The van der Waals surface area contributed by atoms with Gasteiger partial charge in [-0.3, -0.25) is 5.10 Å². The van der Waals surface area contributed by atoms with Crippen LogP contribution in [-0.2, 0) is 14.8 Å². The van der Waals surface area contributed by atoms with Crippen molar-refractivity contribution >= 4 is 15.8 Å². The fraction of sp³-hybridized carbons (Fsp3) is 0.571. The van der Waals surface area contributed by atoms with E-state index in [-0.39, 0.29) is 17.3 Å². The summed E-state index contributed by atoms with van der Waals surface area (Å²) in [5.41, 5.74) is 5.30. The van der Waals surface area contributed by atoms with Gasteiger partial charge < -0.3 is 10.5 Å². The van der Waals surface area contributed by atoms with Crippen molar-refractivity contribution in [2.24, 2.45) is 0 Å². The Bertz CT molecular complexity index is 484. The highest BCUT2D eigenvalue weighted by molar-refractivity contribution is 7.89. The number of nitrogens with one attached hydrogen (secondary N) is 2. The highest BCUT2D eigenvalue weighted by atomic mass is 32.2. The Labute approximate surface area is 101 Å². The van der Waals surface area contributed by atoms with E-state index in [1.165, 1.54) is 0 Å². The van der Waals surface area contributed by atoms with Crippen molar-refractivity contribution < 1.29 is 26.3 Å². The Morgan fingerprint density at radius 2 is 2.17 bits per heavy atom. The highest BCUT2D eigenvalue weighted by Gasteiger charge is 2.27. The molecule has 104 valence electrons. The van der Waals surface area contributed by atoms with Crippen molar-refractivity contribution in [1.29, 1.82) is 0 Å². The molecule has 1 aromatic heterocycles. The number of aromatic nitrogens is 2. The van der Waals surface area contributed by atoms with Gasteiger partial charge in [-0.15, -0.1) is 0 Å². The second-order valence-electron chi connectivity index (χ2n) is 3.21. The summed E-state index contributed by atoms with van der Waals surface area (Å²) in [6.45, 7) is -2.14. The quantitative estimate of drug-likeness (QED) is 0.630. The summed E-state index contributed by atoms with van der Waals surface area (Å²) in [6.07, 6.45) is -3.44. The van der Waals surface area contributed by atoms with Crippen molar-refractivity contribution in [3.63, 3.8) is 0 Å². The van der Waals surface area contributed by atoms with E-state index in [1.807, 2.05) is 4.72 Å². The van der Waals surface area contributed by atoms with Gasteiger partial charge >= 0.3 is 6.18 Å². The second kappa shape index (κ2) is 5.54. The Balaban J connectivity index is 2.38. The van der Waals surface area contributed by atoms with E-state index in [0.717, 1.165) is 6.20 Å². The van der Waals surface area contributed by atoms with Gasteiger partial charge in [-0.2, -0.15) is 18.3 Å². The fourth-order valence-electron chi connectivity index (χ4n) is 1.01. The first-order chi connectivity index (χ1) is 8.22. The molecule has 18 heavy (non-hydrogen) atoms. The van der Waals surface area contributed by atoms with E-state index in [4.69, 9.17) is 5.73 Å². The zero-order valence-corrected chi connectivity index (χ0v) is 9.81. The summed E-state index contributed by atoms with van der Waals surface area (Å²) in [5, 5.41) is 5.64. The van der Waals surface area contributed by atoms with Crippen LogP contribution in [0.4, 0.5) is 19.0 Å². The average molecular weight is 288 g/mol. The van der Waals surface area contributed by atoms with Crippen LogP contribution in [0.15, 0.2) is 11.1 Å². The molecule has 11 heteroatoms. The number of H-pyrrole nitrogens is 1. The lowest BCUT2D eigenvalue weighted by Gasteiger charge is -2.08. The average Bonchev–Trinajstić information content (AvgIpc) is 2.62. The summed E-state index contributed by atoms with van der Waals surface area (Å²) in [5.74, 6) is -0.154. The van der Waals surface area contributed by atoms with Crippen molar-refractivity contribution in [2.45, 2.75) is 11.1 Å². The van der Waals surface area contributed by atoms with Crippen LogP contribution in [0.2, 0.25) is 0 Å². The molecule has 1 heterocycles. The third-order valence-corrected chi connectivity index (χ3v) is 3.21. The molecule has 0 bridgehead atoms. The summed E-state index contributed by atoms with van der Waals surface area (Å²) in [7, 11) is -3.89. The van der Waals surface area contributed by atoms with Crippen molar-refractivity contribution in [1.82, 2.24) is 14.9 Å². The normalized spacial score (nSPS) is 12.8. The van der Waals surface area contributed by atoms with Gasteiger partial charge in [0, 0.05) is 6.54 Å². The molecule has 0 aliphatic rings. The molecule has 0 aliphatic carbocycles. The van der Waals surface area contributed by atoms with Crippen LogP contribution in [0.5, 0.6) is 0 Å². The molecule has 0 amide bonds. The monoisotopic (exact) mass is 288 g/mol. The molecule has 1 rings (SSSR count). The molecule has 0 fully saturated rings. The molecular weight excluding hydrogens is 277 g/mol. The van der Waals surface area contributed by atoms with Gasteiger partial charge in [-0.25, -0.2) is 13.1 Å². The molecule has 4 N–H and O–H groups in total. The fourth-order valence-corrected chi connectivity index (χ4v) is 2.05. The van der Waals surface area contributed by atoms with Crippen LogP contribution in [0.3, 0.4) is 0 Å². The van der Waals surface area contributed by atoms with Gasteiger partial charge in [0.15, 0.2) is 0 Å². The third kappa shape index (κ3) is 4.50. The van der Waals surface area contributed by atoms with E-state index in [2.05, 4.69) is 14.9 Å². The number of nitrogens with two attached hydrogens (primary N) is 1. The Morgan fingerprint density at radius 3 is 2.67 bits per heavy atom.